The van der Waals surface area contributed by atoms with Crippen LogP contribution in [0.15, 0.2) is 48.5 Å². The van der Waals surface area contributed by atoms with Gasteiger partial charge in [0.2, 0.25) is 0 Å². The van der Waals surface area contributed by atoms with E-state index in [1.54, 1.807) is 7.11 Å². The number of nitrogens with zero attached hydrogens (tertiary/aromatic N) is 1. The number of nitrogens with one attached hydrogen (secondary N) is 1. The Hall–Kier alpha value is -1.84. The highest BCUT2D eigenvalue weighted by Gasteiger charge is 2.38. The minimum atomic E-state index is 0.558. The third-order valence-corrected chi connectivity index (χ3v) is 5.97. The van der Waals surface area contributed by atoms with Crippen LogP contribution in [0, 0.1) is 5.41 Å². The zero-order chi connectivity index (χ0) is 17.1. The van der Waals surface area contributed by atoms with E-state index < -0.39 is 0 Å². The van der Waals surface area contributed by atoms with Gasteiger partial charge in [-0.1, -0.05) is 42.5 Å². The van der Waals surface area contributed by atoms with Crippen LogP contribution in [0.25, 0.3) is 11.1 Å². The quantitative estimate of drug-likeness (QED) is 0.915. The summed E-state index contributed by atoms with van der Waals surface area (Å²) in [5.74, 6) is 1.01. The summed E-state index contributed by atoms with van der Waals surface area (Å²) < 4.78 is 5.72. The van der Waals surface area contributed by atoms with Crippen molar-refractivity contribution >= 4 is 0 Å². The molecule has 4 rings (SSSR count). The third kappa shape index (κ3) is 3.58. The second-order valence-corrected chi connectivity index (χ2v) is 7.60. The molecule has 3 heteroatoms. The predicted molar refractivity (Wildman–Crippen MR) is 103 cm³/mol. The number of likely N-dealkylation sites (tertiary alicyclic amines) is 1. The first-order valence-electron chi connectivity index (χ1n) is 9.43. The molecule has 2 aliphatic rings. The Bertz CT molecular complexity index is 707. The van der Waals surface area contributed by atoms with Crippen molar-refractivity contribution in [2.45, 2.75) is 25.8 Å². The third-order valence-electron chi connectivity index (χ3n) is 5.97. The fourth-order valence-electron chi connectivity index (χ4n) is 4.45. The minimum absolute atomic E-state index is 0.558. The normalized spacial score (nSPS) is 20.0. The van der Waals surface area contributed by atoms with E-state index in [1.165, 1.54) is 62.1 Å². The second-order valence-electron chi connectivity index (χ2n) is 7.60. The lowest BCUT2D eigenvalue weighted by molar-refractivity contribution is 0.193. The van der Waals surface area contributed by atoms with Gasteiger partial charge in [-0.3, -0.25) is 4.90 Å². The maximum Gasteiger partial charge on any atom is 0.123 e. The van der Waals surface area contributed by atoms with Crippen LogP contribution >= 0.6 is 0 Å². The van der Waals surface area contributed by atoms with Crippen LogP contribution in [0.4, 0.5) is 0 Å². The molecule has 2 heterocycles. The van der Waals surface area contributed by atoms with Crippen LogP contribution < -0.4 is 10.1 Å². The lowest BCUT2D eigenvalue weighted by Crippen LogP contribution is -2.38. The Morgan fingerprint density at radius 2 is 1.80 bits per heavy atom. The standard InChI is InChI=1S/C22H28N2O/c1-25-21-15-19(18-5-3-2-4-6-18)7-8-20(21)16-24-14-11-22(17-24)9-12-23-13-10-22/h2-8,15,23H,9-14,16-17H2,1H3. The fraction of sp³-hybridized carbons (Fsp3) is 0.455. The molecule has 0 saturated carbocycles. The van der Waals surface area contributed by atoms with Crippen LogP contribution in [0.5, 0.6) is 5.75 Å². The zero-order valence-corrected chi connectivity index (χ0v) is 15.1. The minimum Gasteiger partial charge on any atom is -0.496 e. The average Bonchev–Trinajstić information content (AvgIpc) is 3.05. The van der Waals surface area contributed by atoms with Gasteiger partial charge in [0.05, 0.1) is 7.11 Å². The topological polar surface area (TPSA) is 24.5 Å². The highest BCUT2D eigenvalue weighted by atomic mass is 16.5. The fourth-order valence-corrected chi connectivity index (χ4v) is 4.45. The van der Waals surface area contributed by atoms with Crippen molar-refractivity contribution < 1.29 is 4.74 Å². The summed E-state index contributed by atoms with van der Waals surface area (Å²) >= 11 is 0. The van der Waals surface area contributed by atoms with E-state index in [0.717, 1.165) is 12.3 Å². The van der Waals surface area contributed by atoms with E-state index in [0.29, 0.717) is 5.41 Å². The van der Waals surface area contributed by atoms with Crippen molar-refractivity contribution in [3.05, 3.63) is 54.1 Å². The largest absolute Gasteiger partial charge is 0.496 e. The van der Waals surface area contributed by atoms with Gasteiger partial charge in [-0.25, -0.2) is 0 Å². The highest BCUT2D eigenvalue weighted by molar-refractivity contribution is 5.66. The molecule has 0 aromatic heterocycles. The van der Waals surface area contributed by atoms with E-state index in [2.05, 4.69) is 58.7 Å². The first kappa shape index (κ1) is 16.6. The van der Waals surface area contributed by atoms with Crippen molar-refractivity contribution in [3.63, 3.8) is 0 Å². The van der Waals surface area contributed by atoms with Gasteiger partial charge in [-0.2, -0.15) is 0 Å². The second kappa shape index (κ2) is 7.19. The van der Waals surface area contributed by atoms with E-state index in [9.17, 15) is 0 Å². The van der Waals surface area contributed by atoms with E-state index >= 15 is 0 Å². The monoisotopic (exact) mass is 336 g/mol. The molecule has 1 spiro atoms. The van der Waals surface area contributed by atoms with E-state index in [4.69, 9.17) is 4.74 Å². The number of benzene rings is 2. The van der Waals surface area contributed by atoms with Crippen molar-refractivity contribution in [2.75, 3.05) is 33.3 Å². The summed E-state index contributed by atoms with van der Waals surface area (Å²) in [6.45, 7) is 5.81. The Balaban J connectivity index is 1.49. The molecule has 0 radical (unpaired) electrons. The van der Waals surface area contributed by atoms with Crippen molar-refractivity contribution in [3.8, 4) is 16.9 Å². The maximum atomic E-state index is 5.72. The number of ether oxygens (including phenoxy) is 1. The van der Waals surface area contributed by atoms with E-state index in [1.807, 2.05) is 0 Å². The van der Waals surface area contributed by atoms with E-state index in [-0.39, 0.29) is 0 Å². The molecule has 2 aliphatic heterocycles. The van der Waals surface area contributed by atoms with Gasteiger partial charge < -0.3 is 10.1 Å². The summed E-state index contributed by atoms with van der Waals surface area (Å²) in [6, 6.07) is 17.2. The number of rotatable bonds is 4. The lowest BCUT2D eigenvalue weighted by Gasteiger charge is -2.34. The van der Waals surface area contributed by atoms with Gasteiger partial charge in [0, 0.05) is 18.7 Å². The molecule has 25 heavy (non-hydrogen) atoms. The summed E-state index contributed by atoms with van der Waals surface area (Å²) in [7, 11) is 1.78. The average molecular weight is 336 g/mol. The molecule has 2 fully saturated rings. The maximum absolute atomic E-state index is 5.72. The Kier molecular flexibility index (Phi) is 4.78. The Morgan fingerprint density at radius 3 is 2.56 bits per heavy atom. The number of methoxy groups -OCH3 is 1. The molecule has 2 aromatic rings. The van der Waals surface area contributed by atoms with Crippen molar-refractivity contribution in [2.24, 2.45) is 5.41 Å². The van der Waals surface area contributed by atoms with Crippen LogP contribution in [-0.4, -0.2) is 38.2 Å². The van der Waals surface area contributed by atoms with Gasteiger partial charge in [0.25, 0.3) is 0 Å². The molecule has 2 saturated heterocycles. The first-order chi connectivity index (χ1) is 12.3. The summed E-state index contributed by atoms with van der Waals surface area (Å²) in [5.41, 5.74) is 4.32. The molecule has 1 N–H and O–H groups in total. The summed E-state index contributed by atoms with van der Waals surface area (Å²) in [5, 5.41) is 3.50. The molecule has 0 amide bonds. The molecule has 2 aromatic carbocycles. The summed E-state index contributed by atoms with van der Waals surface area (Å²) in [4.78, 5) is 2.62. The molecule has 0 bridgehead atoms. The molecule has 0 unspecified atom stereocenters. The van der Waals surface area contributed by atoms with Crippen LogP contribution in [-0.2, 0) is 6.54 Å². The molecular formula is C22H28N2O. The predicted octanol–water partition coefficient (Wildman–Crippen LogP) is 3.94. The number of hydrogen-bond donors (Lipinski definition) is 1. The molecule has 132 valence electrons. The Morgan fingerprint density at radius 1 is 1.00 bits per heavy atom. The first-order valence-corrected chi connectivity index (χ1v) is 9.43. The van der Waals surface area contributed by atoms with Crippen molar-refractivity contribution in [1.82, 2.24) is 10.2 Å². The Labute approximate surface area is 151 Å². The molecule has 0 aliphatic carbocycles. The summed E-state index contributed by atoms with van der Waals surface area (Å²) in [6.07, 6.45) is 4.00. The molecule has 3 nitrogen and oxygen atoms in total. The number of piperidine rings is 1. The lowest BCUT2D eigenvalue weighted by atomic mass is 9.78. The van der Waals surface area contributed by atoms with Crippen LogP contribution in [0.1, 0.15) is 24.8 Å². The molecule has 0 atom stereocenters. The van der Waals surface area contributed by atoms with Gasteiger partial charge in [-0.15, -0.1) is 0 Å². The molecular weight excluding hydrogens is 308 g/mol. The smallest absolute Gasteiger partial charge is 0.123 e. The van der Waals surface area contributed by atoms with Gasteiger partial charge in [-0.05, 0) is 61.5 Å². The van der Waals surface area contributed by atoms with Gasteiger partial charge in [0.1, 0.15) is 5.75 Å². The van der Waals surface area contributed by atoms with Crippen molar-refractivity contribution in [1.29, 1.82) is 0 Å². The van der Waals surface area contributed by atoms with Crippen LogP contribution in [0.2, 0.25) is 0 Å². The van der Waals surface area contributed by atoms with Gasteiger partial charge >= 0.3 is 0 Å². The highest BCUT2D eigenvalue weighted by Crippen LogP contribution is 2.39. The van der Waals surface area contributed by atoms with Gasteiger partial charge in [0.15, 0.2) is 0 Å². The van der Waals surface area contributed by atoms with Crippen LogP contribution in [0.3, 0.4) is 0 Å². The number of hydrogen-bond acceptors (Lipinski definition) is 3. The zero-order valence-electron chi connectivity index (χ0n) is 15.1. The SMILES string of the molecule is COc1cc(-c2ccccc2)ccc1CN1CCC2(CCNCC2)C1.